The molecule has 5 rings (SSSR count). The quantitative estimate of drug-likeness (QED) is 0.582. The Morgan fingerprint density at radius 2 is 1.54 bits per heavy atom. The topological polar surface area (TPSA) is 76.0 Å². The van der Waals surface area contributed by atoms with Gasteiger partial charge < -0.3 is 5.32 Å². The van der Waals surface area contributed by atoms with Crippen LogP contribution < -0.4 is 5.32 Å². The lowest BCUT2D eigenvalue weighted by Gasteiger charge is -2.07. The van der Waals surface area contributed by atoms with Crippen LogP contribution in [0.3, 0.4) is 0 Å². The fraction of sp³-hybridized carbons (Fsp3) is 0.0455. The maximum absolute atomic E-state index is 4.75. The molecule has 0 saturated carbocycles. The minimum Gasteiger partial charge on any atom is -0.324 e. The molecule has 0 unspecified atom stereocenters. The van der Waals surface area contributed by atoms with E-state index in [1.54, 1.807) is 18.6 Å². The van der Waals surface area contributed by atoms with Gasteiger partial charge in [-0.1, -0.05) is 18.2 Å². The Morgan fingerprint density at radius 1 is 0.714 bits per heavy atom. The van der Waals surface area contributed by atoms with E-state index in [2.05, 4.69) is 31.3 Å². The van der Waals surface area contributed by atoms with Gasteiger partial charge in [0, 0.05) is 30.7 Å². The fourth-order valence-corrected chi connectivity index (χ4v) is 3.15. The summed E-state index contributed by atoms with van der Waals surface area (Å²) in [6.45, 7) is 0. The van der Waals surface area contributed by atoms with Gasteiger partial charge in [0.2, 0.25) is 5.95 Å². The Morgan fingerprint density at radius 3 is 2.32 bits per heavy atom. The molecule has 3 aromatic heterocycles. The Labute approximate surface area is 162 Å². The third kappa shape index (κ3) is 3.23. The van der Waals surface area contributed by atoms with Crippen LogP contribution in [-0.2, 0) is 6.42 Å². The molecule has 28 heavy (non-hydrogen) atoms. The molecular formula is C22H16N6. The third-order valence-electron chi connectivity index (χ3n) is 4.50. The number of fused-ring (bicyclic) bond motifs is 1. The highest BCUT2D eigenvalue weighted by Crippen LogP contribution is 2.32. The van der Waals surface area contributed by atoms with Crippen LogP contribution in [0.2, 0.25) is 0 Å². The Bertz CT molecular complexity index is 1160. The summed E-state index contributed by atoms with van der Waals surface area (Å²) in [5, 5.41) is 3.26. The van der Waals surface area contributed by atoms with Gasteiger partial charge in [-0.3, -0.25) is 15.0 Å². The maximum atomic E-state index is 4.75. The number of rotatable bonds is 4. The highest BCUT2D eigenvalue weighted by Gasteiger charge is 2.17. The molecule has 1 aliphatic heterocycles. The van der Waals surface area contributed by atoms with E-state index in [0.717, 1.165) is 40.6 Å². The molecule has 0 aliphatic carbocycles. The zero-order valence-electron chi connectivity index (χ0n) is 14.9. The molecule has 0 bridgehead atoms. The van der Waals surface area contributed by atoms with E-state index in [4.69, 9.17) is 4.99 Å². The van der Waals surface area contributed by atoms with Crippen molar-refractivity contribution in [2.75, 3.05) is 5.32 Å². The summed E-state index contributed by atoms with van der Waals surface area (Å²) in [7, 11) is 0. The molecule has 0 saturated heterocycles. The van der Waals surface area contributed by atoms with E-state index in [9.17, 15) is 0 Å². The first-order chi connectivity index (χ1) is 13.8. The van der Waals surface area contributed by atoms with E-state index in [1.807, 2.05) is 54.6 Å². The van der Waals surface area contributed by atoms with Gasteiger partial charge in [-0.2, -0.15) is 0 Å². The number of hydrogen-bond acceptors (Lipinski definition) is 6. The summed E-state index contributed by atoms with van der Waals surface area (Å²) < 4.78 is 0. The number of aromatic nitrogens is 4. The number of nitrogens with zero attached hydrogens (tertiary/aromatic N) is 5. The van der Waals surface area contributed by atoms with Crippen LogP contribution in [0.5, 0.6) is 0 Å². The van der Waals surface area contributed by atoms with Gasteiger partial charge in [0.25, 0.3) is 0 Å². The van der Waals surface area contributed by atoms with Gasteiger partial charge in [-0.25, -0.2) is 9.97 Å². The van der Waals surface area contributed by atoms with Gasteiger partial charge in [0.15, 0.2) is 0 Å². The van der Waals surface area contributed by atoms with Crippen molar-refractivity contribution in [1.29, 1.82) is 0 Å². The first kappa shape index (κ1) is 16.3. The van der Waals surface area contributed by atoms with Crippen LogP contribution in [0.15, 0.2) is 84.2 Å². The molecule has 4 aromatic rings. The summed E-state index contributed by atoms with van der Waals surface area (Å²) in [5.41, 5.74) is 6.52. The largest absolute Gasteiger partial charge is 0.324 e. The number of aliphatic imine (C=N–C) groups is 1. The van der Waals surface area contributed by atoms with E-state index < -0.39 is 0 Å². The summed E-state index contributed by atoms with van der Waals surface area (Å²) in [4.78, 5) is 22.4. The second kappa shape index (κ2) is 7.00. The number of benzene rings is 1. The molecule has 1 aliphatic rings. The molecule has 6 heteroatoms. The average molecular weight is 364 g/mol. The predicted molar refractivity (Wildman–Crippen MR) is 109 cm³/mol. The summed E-state index contributed by atoms with van der Waals surface area (Å²) >= 11 is 0. The van der Waals surface area contributed by atoms with Gasteiger partial charge in [0.1, 0.15) is 0 Å². The zero-order valence-corrected chi connectivity index (χ0v) is 14.9. The van der Waals surface area contributed by atoms with Crippen molar-refractivity contribution in [3.8, 4) is 11.4 Å². The van der Waals surface area contributed by atoms with Crippen LogP contribution in [0.4, 0.5) is 17.3 Å². The first-order valence-corrected chi connectivity index (χ1v) is 8.98. The molecule has 4 heterocycles. The van der Waals surface area contributed by atoms with Gasteiger partial charge >= 0.3 is 0 Å². The summed E-state index contributed by atoms with van der Waals surface area (Å²) in [5.74, 6) is 0.523. The second-order valence-corrected chi connectivity index (χ2v) is 6.40. The van der Waals surface area contributed by atoms with Crippen LogP contribution in [-0.4, -0.2) is 25.6 Å². The van der Waals surface area contributed by atoms with E-state index >= 15 is 0 Å². The molecule has 6 nitrogen and oxygen atoms in total. The highest BCUT2D eigenvalue weighted by molar-refractivity contribution is 6.05. The van der Waals surface area contributed by atoms with Crippen molar-refractivity contribution in [2.45, 2.75) is 6.42 Å². The number of nitrogens with one attached hydrogen (secondary N) is 1. The summed E-state index contributed by atoms with van der Waals surface area (Å²) in [6.07, 6.45) is 6.06. The maximum Gasteiger partial charge on any atom is 0.227 e. The molecule has 1 aromatic carbocycles. The molecule has 0 radical (unpaired) electrons. The number of hydrogen-bond donors (Lipinski definition) is 1. The minimum absolute atomic E-state index is 0.523. The normalized spacial score (nSPS) is 12.4. The molecule has 1 N–H and O–H groups in total. The lowest BCUT2D eigenvalue weighted by molar-refractivity contribution is 1.15. The van der Waals surface area contributed by atoms with Crippen LogP contribution >= 0.6 is 0 Å². The molecule has 134 valence electrons. The smallest absolute Gasteiger partial charge is 0.227 e. The van der Waals surface area contributed by atoms with Gasteiger partial charge in [-0.05, 0) is 48.0 Å². The molecule has 0 fully saturated rings. The second-order valence-electron chi connectivity index (χ2n) is 6.40. The fourth-order valence-electron chi connectivity index (χ4n) is 3.15. The Hall–Kier alpha value is -3.93. The van der Waals surface area contributed by atoms with Gasteiger partial charge in [0.05, 0.1) is 28.5 Å². The van der Waals surface area contributed by atoms with Crippen molar-refractivity contribution < 1.29 is 0 Å². The van der Waals surface area contributed by atoms with Crippen LogP contribution in [0, 0.1) is 0 Å². The summed E-state index contributed by atoms with van der Waals surface area (Å²) in [6, 6.07) is 19.6. The van der Waals surface area contributed by atoms with Crippen molar-refractivity contribution in [3.63, 3.8) is 0 Å². The lowest BCUT2D eigenvalue weighted by atomic mass is 10.1. The standard InChI is InChI=1S/C22H16N6/c1-3-10-23-17(5-1)19-9-12-25-22(28-19)26-16-8-7-15-13-21(27-20(15)14-16)18-6-2-4-11-24-18/h1-12,14H,13H2,(H,25,26,28). The van der Waals surface area contributed by atoms with Gasteiger partial charge in [-0.15, -0.1) is 0 Å². The SMILES string of the molecule is c1ccc(C2=Nc3cc(Nc4nccc(-c5ccccn5)n4)ccc3C2)nc1. The Balaban J connectivity index is 1.40. The van der Waals surface area contributed by atoms with E-state index in [-0.39, 0.29) is 0 Å². The van der Waals surface area contributed by atoms with E-state index in [0.29, 0.717) is 5.95 Å². The van der Waals surface area contributed by atoms with E-state index in [1.165, 1.54) is 5.56 Å². The zero-order chi connectivity index (χ0) is 18.8. The average Bonchev–Trinajstić information content (AvgIpc) is 3.19. The molecule has 0 spiro atoms. The first-order valence-electron chi connectivity index (χ1n) is 8.98. The van der Waals surface area contributed by atoms with Crippen molar-refractivity contribution in [2.24, 2.45) is 4.99 Å². The van der Waals surface area contributed by atoms with Crippen molar-refractivity contribution >= 4 is 23.0 Å². The van der Waals surface area contributed by atoms with Crippen molar-refractivity contribution in [1.82, 2.24) is 19.9 Å². The van der Waals surface area contributed by atoms with Crippen LogP contribution in [0.25, 0.3) is 11.4 Å². The Kier molecular flexibility index (Phi) is 4.06. The number of anilines is 2. The third-order valence-corrected chi connectivity index (χ3v) is 4.50. The van der Waals surface area contributed by atoms with Crippen molar-refractivity contribution in [3.05, 3.63) is 90.5 Å². The molecule has 0 amide bonds. The van der Waals surface area contributed by atoms with Crippen LogP contribution in [0.1, 0.15) is 11.3 Å². The number of pyridine rings is 2. The minimum atomic E-state index is 0.523. The molecular weight excluding hydrogens is 348 g/mol. The predicted octanol–water partition coefficient (Wildman–Crippen LogP) is 4.35. The monoisotopic (exact) mass is 364 g/mol. The molecule has 0 atom stereocenters. The lowest BCUT2D eigenvalue weighted by Crippen LogP contribution is -2.02. The highest BCUT2D eigenvalue weighted by atomic mass is 15.1.